The highest BCUT2D eigenvalue weighted by molar-refractivity contribution is 5.88. The van der Waals surface area contributed by atoms with Gasteiger partial charge in [-0.1, -0.05) is 6.07 Å². The molecule has 1 unspecified atom stereocenters. The van der Waals surface area contributed by atoms with Gasteiger partial charge in [0.15, 0.2) is 11.5 Å². The van der Waals surface area contributed by atoms with Crippen LogP contribution in [-0.2, 0) is 27.4 Å². The van der Waals surface area contributed by atoms with Crippen molar-refractivity contribution in [1.29, 1.82) is 0 Å². The molecular formula is C31H38N2O6. The Morgan fingerprint density at radius 2 is 1.69 bits per heavy atom. The Labute approximate surface area is 229 Å². The highest BCUT2D eigenvalue weighted by Crippen LogP contribution is 2.60. The van der Waals surface area contributed by atoms with Crippen LogP contribution in [0, 0.1) is 23.2 Å². The van der Waals surface area contributed by atoms with Crippen molar-refractivity contribution in [2.45, 2.75) is 70.6 Å². The molecule has 1 aromatic carbocycles. The van der Waals surface area contributed by atoms with E-state index in [-0.39, 0.29) is 36.7 Å². The molecule has 1 aromatic heterocycles. The highest BCUT2D eigenvalue weighted by atomic mass is 16.7. The van der Waals surface area contributed by atoms with Crippen LogP contribution in [0.25, 0.3) is 0 Å². The molecule has 4 saturated carbocycles. The van der Waals surface area contributed by atoms with Crippen molar-refractivity contribution in [3.8, 4) is 11.5 Å². The summed E-state index contributed by atoms with van der Waals surface area (Å²) in [5.74, 6) is 4.22. The van der Waals surface area contributed by atoms with Gasteiger partial charge in [0.25, 0.3) is 0 Å². The van der Waals surface area contributed by atoms with E-state index >= 15 is 0 Å². The fourth-order valence-electron chi connectivity index (χ4n) is 8.31. The Balaban J connectivity index is 1.13. The number of hydrogen-bond donors (Lipinski definition) is 0. The van der Waals surface area contributed by atoms with E-state index in [1.54, 1.807) is 11.2 Å². The first-order chi connectivity index (χ1) is 19.0. The van der Waals surface area contributed by atoms with Gasteiger partial charge in [-0.3, -0.25) is 9.59 Å². The maximum absolute atomic E-state index is 14.4. The van der Waals surface area contributed by atoms with E-state index in [1.807, 2.05) is 35.2 Å². The van der Waals surface area contributed by atoms with E-state index in [4.69, 9.17) is 18.6 Å². The monoisotopic (exact) mass is 534 g/mol. The van der Waals surface area contributed by atoms with Gasteiger partial charge in [0.1, 0.15) is 5.76 Å². The number of carbonyl (C=O) groups excluding carboxylic acids is 2. The third-order valence-electron chi connectivity index (χ3n) is 9.64. The number of fused-ring (bicyclic) bond motifs is 1. The predicted molar refractivity (Wildman–Crippen MR) is 142 cm³/mol. The van der Waals surface area contributed by atoms with E-state index in [2.05, 4.69) is 0 Å². The summed E-state index contributed by atoms with van der Waals surface area (Å²) in [5, 5.41) is 0. The summed E-state index contributed by atoms with van der Waals surface area (Å²) in [7, 11) is 0. The largest absolute Gasteiger partial charge is 0.467 e. The van der Waals surface area contributed by atoms with Crippen LogP contribution >= 0.6 is 0 Å². The zero-order valence-electron chi connectivity index (χ0n) is 22.5. The second-order valence-electron chi connectivity index (χ2n) is 12.5. The molecule has 1 atom stereocenters. The third-order valence-corrected chi connectivity index (χ3v) is 9.64. The van der Waals surface area contributed by atoms with E-state index in [1.165, 1.54) is 19.3 Å². The van der Waals surface area contributed by atoms with Gasteiger partial charge in [-0.15, -0.1) is 0 Å². The summed E-state index contributed by atoms with van der Waals surface area (Å²) in [5.41, 5.74) is 0.647. The summed E-state index contributed by atoms with van der Waals surface area (Å²) in [6.45, 7) is 2.21. The summed E-state index contributed by atoms with van der Waals surface area (Å²) in [6.07, 6.45) is 10.4. The number of carbonyl (C=O) groups is 2. The van der Waals surface area contributed by atoms with Crippen LogP contribution in [0.2, 0.25) is 0 Å². The smallest absolute Gasteiger partial charge is 0.242 e. The molecular weight excluding hydrogens is 496 g/mol. The van der Waals surface area contributed by atoms with Gasteiger partial charge >= 0.3 is 0 Å². The number of hydrogen-bond acceptors (Lipinski definition) is 6. The fourth-order valence-corrected chi connectivity index (χ4v) is 8.31. The number of rotatable bonds is 9. The van der Waals surface area contributed by atoms with E-state index in [0.29, 0.717) is 54.6 Å². The van der Waals surface area contributed by atoms with Crippen molar-refractivity contribution in [3.05, 3.63) is 47.9 Å². The van der Waals surface area contributed by atoms with Gasteiger partial charge in [0, 0.05) is 19.7 Å². The number of amides is 2. The zero-order chi connectivity index (χ0) is 26.4. The molecule has 0 N–H and O–H groups in total. The molecule has 2 amide bonds. The Hall–Kier alpha value is -3.00. The fraction of sp³-hybridized carbons (Fsp3) is 0.613. The first-order valence-electron chi connectivity index (χ1n) is 14.6. The molecule has 4 aliphatic carbocycles. The lowest BCUT2D eigenvalue weighted by molar-refractivity contribution is -0.162. The van der Waals surface area contributed by atoms with Gasteiger partial charge in [-0.25, -0.2) is 0 Å². The van der Waals surface area contributed by atoms with Gasteiger partial charge in [-0.2, -0.15) is 0 Å². The van der Waals surface area contributed by atoms with Crippen molar-refractivity contribution in [1.82, 2.24) is 9.80 Å². The van der Waals surface area contributed by atoms with Crippen molar-refractivity contribution < 1.29 is 28.2 Å². The summed E-state index contributed by atoms with van der Waals surface area (Å²) >= 11 is 0. The maximum Gasteiger partial charge on any atom is 0.242 e. The van der Waals surface area contributed by atoms with Crippen LogP contribution < -0.4 is 9.47 Å². The standard InChI is InChI=1S/C31H38N2O6/c34-29(32(17-25-3-1-7-36-25)16-21-5-6-27-28(12-21)39-20-38-27)19-33(18-26-4-2-8-37-26)30(35)31-13-22-9-23(14-31)11-24(10-22)15-31/h1,3,5-7,12,22-24,26H,2,4,8-11,13-20H2. The number of benzene rings is 1. The van der Waals surface area contributed by atoms with Crippen molar-refractivity contribution in [2.24, 2.45) is 23.2 Å². The minimum atomic E-state index is -0.295. The van der Waals surface area contributed by atoms with Gasteiger partial charge < -0.3 is 28.4 Å². The molecule has 208 valence electrons. The molecule has 8 rings (SSSR count). The Morgan fingerprint density at radius 3 is 2.38 bits per heavy atom. The van der Waals surface area contributed by atoms with Crippen molar-refractivity contribution >= 4 is 11.8 Å². The van der Waals surface area contributed by atoms with Gasteiger partial charge in [0.2, 0.25) is 18.6 Å². The van der Waals surface area contributed by atoms with Crippen LogP contribution in [0.4, 0.5) is 0 Å². The van der Waals surface area contributed by atoms with Crippen LogP contribution in [0.15, 0.2) is 41.0 Å². The second kappa shape index (κ2) is 10.2. The maximum atomic E-state index is 14.4. The highest BCUT2D eigenvalue weighted by Gasteiger charge is 2.56. The minimum absolute atomic E-state index is 0.00282. The lowest BCUT2D eigenvalue weighted by Crippen LogP contribution is -2.57. The normalized spacial score (nSPS) is 30.1. The Kier molecular flexibility index (Phi) is 6.53. The first kappa shape index (κ1) is 25.0. The van der Waals surface area contributed by atoms with Crippen LogP contribution in [0.3, 0.4) is 0 Å². The molecule has 5 fully saturated rings. The number of nitrogens with zero attached hydrogens (tertiary/aromatic N) is 2. The first-order valence-corrected chi connectivity index (χ1v) is 14.6. The Bertz CT molecular complexity index is 1170. The van der Waals surface area contributed by atoms with Crippen LogP contribution in [-0.4, -0.2) is 54.2 Å². The molecule has 0 spiro atoms. The lowest BCUT2D eigenvalue weighted by Gasteiger charge is -2.56. The van der Waals surface area contributed by atoms with Crippen molar-refractivity contribution in [2.75, 3.05) is 26.5 Å². The molecule has 2 aromatic rings. The van der Waals surface area contributed by atoms with E-state index in [9.17, 15) is 9.59 Å². The van der Waals surface area contributed by atoms with Crippen molar-refractivity contribution in [3.63, 3.8) is 0 Å². The zero-order valence-corrected chi connectivity index (χ0v) is 22.5. The van der Waals surface area contributed by atoms with E-state index in [0.717, 1.165) is 44.3 Å². The molecule has 8 heteroatoms. The lowest BCUT2D eigenvalue weighted by atomic mass is 9.49. The molecule has 4 bridgehead atoms. The third kappa shape index (κ3) is 5.04. The summed E-state index contributed by atoms with van der Waals surface area (Å²) < 4.78 is 22.6. The van der Waals surface area contributed by atoms with Gasteiger partial charge in [-0.05, 0) is 98.9 Å². The quantitative estimate of drug-likeness (QED) is 0.461. The topological polar surface area (TPSA) is 81.5 Å². The SMILES string of the molecule is O=C(CN(CC1CCCO1)C(=O)C12CC3CC(CC(C3)C1)C2)N(Cc1ccc2c(c1)OCO2)Cc1ccco1. The molecule has 2 aliphatic heterocycles. The van der Waals surface area contributed by atoms with Crippen LogP contribution in [0.1, 0.15) is 62.7 Å². The molecule has 1 saturated heterocycles. The minimum Gasteiger partial charge on any atom is -0.467 e. The second-order valence-corrected chi connectivity index (χ2v) is 12.5. The predicted octanol–water partition coefficient (Wildman–Crippen LogP) is 4.76. The Morgan fingerprint density at radius 1 is 0.923 bits per heavy atom. The number of ether oxygens (including phenoxy) is 3. The molecule has 3 heterocycles. The van der Waals surface area contributed by atoms with Gasteiger partial charge in [0.05, 0.1) is 30.9 Å². The average Bonchev–Trinajstić information content (AvgIpc) is 3.70. The summed E-state index contributed by atoms with van der Waals surface area (Å²) in [4.78, 5) is 32.1. The van der Waals surface area contributed by atoms with E-state index < -0.39 is 0 Å². The average molecular weight is 535 g/mol. The molecule has 8 nitrogen and oxygen atoms in total. The number of furan rings is 1. The van der Waals surface area contributed by atoms with Crippen LogP contribution in [0.5, 0.6) is 11.5 Å². The molecule has 39 heavy (non-hydrogen) atoms. The molecule has 6 aliphatic rings. The molecule has 0 radical (unpaired) electrons. The summed E-state index contributed by atoms with van der Waals surface area (Å²) in [6, 6.07) is 9.48.